The summed E-state index contributed by atoms with van der Waals surface area (Å²) in [6, 6.07) is 0. The van der Waals surface area contributed by atoms with Crippen LogP contribution in [0.4, 0.5) is 5.82 Å². The molecule has 4 atom stereocenters. The molecule has 144 valence electrons. The first-order valence-corrected chi connectivity index (χ1v) is 10.4. The minimum atomic E-state index is -1.34. The van der Waals surface area contributed by atoms with E-state index in [-0.39, 0.29) is 9.52 Å². The van der Waals surface area contributed by atoms with Gasteiger partial charge in [0.2, 0.25) is 0 Å². The summed E-state index contributed by atoms with van der Waals surface area (Å²) in [5.74, 6) is 0.213. The van der Waals surface area contributed by atoms with Gasteiger partial charge in [0.25, 0.3) is 0 Å². The van der Waals surface area contributed by atoms with Gasteiger partial charge < -0.3 is 0 Å². The molecule has 2 heterocycles. The van der Waals surface area contributed by atoms with Crippen LogP contribution in [0.1, 0.15) is 57.0 Å². The van der Waals surface area contributed by atoms with Gasteiger partial charge in [-0.25, -0.2) is 0 Å². The molecule has 0 aliphatic carbocycles. The first kappa shape index (κ1) is 21.3. The summed E-state index contributed by atoms with van der Waals surface area (Å²) >= 11 is 0.679. The number of nitrogen functional groups attached to an aromatic ring is 1. The average Bonchev–Trinajstić information content (AvgIpc) is 2.88. The topological polar surface area (TPSA) is 131 Å². The predicted octanol–water partition coefficient (Wildman–Crippen LogP) is -0.199. The van der Waals surface area contributed by atoms with Crippen LogP contribution in [-0.2, 0) is 17.6 Å². The van der Waals surface area contributed by atoms with Gasteiger partial charge in [0, 0.05) is 0 Å². The number of hydrogen-bond acceptors (Lipinski definition) is 7. The number of hydrogen-bond donors (Lipinski definition) is 4. The molecular weight excluding hydrogens is 445 g/mol. The number of nitrogens with two attached hydrogens (primary N) is 1. The molecule has 0 amide bonds. The van der Waals surface area contributed by atoms with Gasteiger partial charge in [-0.05, 0) is 0 Å². The molecule has 0 aromatic carbocycles. The van der Waals surface area contributed by atoms with Crippen molar-refractivity contribution in [1.29, 1.82) is 0 Å². The average molecular weight is 472 g/mol. The van der Waals surface area contributed by atoms with Crippen LogP contribution in [-0.4, -0.2) is 68.9 Å². The van der Waals surface area contributed by atoms with Crippen molar-refractivity contribution < 1.29 is 20.1 Å². The van der Waals surface area contributed by atoms with Crippen molar-refractivity contribution in [2.75, 3.05) is 5.73 Å². The standard InChI is InChI=1S/C17H27N3O5.Sn/c1-3-5-7-10-11(8-6-4-2)20(17(24)19-15(10)18)16-14(23)13(22)12(9-21)25-16;/h12-14,16,21-23H,3-8H2,1-2H3,(H2,18,19,24);/t12-,13-,14-,16-;/m1./s1. The van der Waals surface area contributed by atoms with Gasteiger partial charge in [-0.2, -0.15) is 0 Å². The van der Waals surface area contributed by atoms with Gasteiger partial charge in [-0.3, -0.25) is 0 Å². The second kappa shape index (κ2) is 9.29. The molecule has 0 unspecified atom stereocenters. The van der Waals surface area contributed by atoms with Crippen LogP contribution in [0.25, 0.3) is 0 Å². The van der Waals surface area contributed by atoms with Gasteiger partial charge in [0.1, 0.15) is 0 Å². The van der Waals surface area contributed by atoms with Crippen molar-refractivity contribution in [3.8, 4) is 0 Å². The molecule has 8 nitrogen and oxygen atoms in total. The molecule has 1 aromatic rings. The number of anilines is 1. The molecular formula is C17H27N3O5Sn. The number of ether oxygens (including phenoxy) is 1. The van der Waals surface area contributed by atoms with E-state index >= 15 is 0 Å². The summed E-state index contributed by atoms with van der Waals surface area (Å²) < 4.78 is 6.90. The predicted molar refractivity (Wildman–Crippen MR) is 98.8 cm³/mol. The van der Waals surface area contributed by atoms with E-state index in [1.54, 1.807) is 0 Å². The quantitative estimate of drug-likeness (QED) is 0.386. The summed E-state index contributed by atoms with van der Waals surface area (Å²) in [6.45, 7) is 4.12. The summed E-state index contributed by atoms with van der Waals surface area (Å²) in [7, 11) is 0. The Morgan fingerprint density at radius 3 is 2.38 bits per heavy atom. The summed E-state index contributed by atoms with van der Waals surface area (Å²) in [6.07, 6.45) is 0.139. The second-order valence-electron chi connectivity index (χ2n) is 6.60. The van der Waals surface area contributed by atoms with E-state index in [1.807, 2.05) is 6.92 Å². The number of aliphatic hydroxyl groups excluding tert-OH is 3. The molecule has 1 saturated heterocycles. The zero-order chi connectivity index (χ0) is 19.4. The van der Waals surface area contributed by atoms with Gasteiger partial charge in [-0.15, -0.1) is 0 Å². The number of aliphatic hydroxyl groups is 3. The van der Waals surface area contributed by atoms with Crippen LogP contribution in [0.3, 0.4) is 0 Å². The van der Waals surface area contributed by atoms with Gasteiger partial charge in [0.15, 0.2) is 0 Å². The van der Waals surface area contributed by atoms with E-state index in [1.165, 1.54) is 4.57 Å². The molecule has 0 saturated carbocycles. The number of aromatic nitrogens is 2. The summed E-state index contributed by atoms with van der Waals surface area (Å²) in [5.41, 5.74) is 6.89. The molecule has 1 aromatic heterocycles. The molecule has 1 fully saturated rings. The van der Waals surface area contributed by atoms with E-state index in [2.05, 4.69) is 11.9 Å². The van der Waals surface area contributed by atoms with E-state index in [0.717, 1.165) is 31.2 Å². The number of unbranched alkanes of at least 4 members (excludes halogenated alkanes) is 2. The molecule has 1 aliphatic rings. The molecule has 0 bridgehead atoms. The monoisotopic (exact) mass is 473 g/mol. The Balaban J connectivity index is 2.55. The van der Waals surface area contributed by atoms with E-state index < -0.39 is 30.2 Å². The number of nitrogens with zero attached hydrogens (tertiary/aromatic N) is 2. The van der Waals surface area contributed by atoms with Crippen molar-refractivity contribution in [2.45, 2.75) is 76.9 Å². The van der Waals surface area contributed by atoms with E-state index in [4.69, 9.17) is 10.5 Å². The fourth-order valence-corrected chi connectivity index (χ4v) is 3.92. The van der Waals surface area contributed by atoms with Crippen LogP contribution in [0.15, 0.2) is 4.79 Å². The van der Waals surface area contributed by atoms with Crippen LogP contribution in [0, 0.1) is 0 Å². The Bertz CT molecular complexity index is 708. The van der Waals surface area contributed by atoms with Gasteiger partial charge in [-0.1, -0.05) is 0 Å². The summed E-state index contributed by atoms with van der Waals surface area (Å²) in [5, 5.41) is 30.4. The molecule has 26 heavy (non-hydrogen) atoms. The Kier molecular flexibility index (Phi) is 7.62. The van der Waals surface area contributed by atoms with E-state index in [9.17, 15) is 20.1 Å². The first-order chi connectivity index (χ1) is 12.3. The zero-order valence-electron chi connectivity index (χ0n) is 15.2. The Labute approximate surface area is 165 Å². The minimum absolute atomic E-state index is 0.0657. The maximum atomic E-state index is 12.6. The van der Waals surface area contributed by atoms with Gasteiger partial charge >= 0.3 is 166 Å². The molecule has 2 radical (unpaired) electrons. The SMILES string of the molecule is CCCCc1c(N)nc(=O)n([C@@H]2O[C@H]([C](O)=[Sn])[C@@H](O)[C@H]2O)c1CCCC. The van der Waals surface area contributed by atoms with Crippen molar-refractivity contribution in [3.63, 3.8) is 0 Å². The fourth-order valence-electron chi connectivity index (χ4n) is 3.24. The normalized spacial score (nSPS) is 25.5. The molecule has 0 spiro atoms. The molecule has 2 rings (SSSR count). The van der Waals surface area contributed by atoms with Crippen LogP contribution >= 0.6 is 0 Å². The van der Waals surface area contributed by atoms with E-state index in [0.29, 0.717) is 40.6 Å². The fraction of sp³-hybridized carbons (Fsp3) is 0.706. The van der Waals surface area contributed by atoms with Crippen LogP contribution in [0.5, 0.6) is 0 Å². The Morgan fingerprint density at radius 2 is 1.85 bits per heavy atom. The van der Waals surface area contributed by atoms with Crippen molar-refractivity contribution in [1.82, 2.24) is 9.55 Å². The Morgan fingerprint density at radius 1 is 1.23 bits per heavy atom. The maximum absolute atomic E-state index is 12.6. The van der Waals surface area contributed by atoms with Crippen molar-refractivity contribution in [2.24, 2.45) is 0 Å². The van der Waals surface area contributed by atoms with Crippen LogP contribution in [0.2, 0.25) is 0 Å². The third-order valence-corrected chi connectivity index (χ3v) is 5.49. The third kappa shape index (κ3) is 4.29. The van der Waals surface area contributed by atoms with Gasteiger partial charge in [0.05, 0.1) is 0 Å². The number of rotatable bonds is 8. The molecule has 1 aliphatic heterocycles. The zero-order valence-corrected chi connectivity index (χ0v) is 18.0. The second-order valence-corrected chi connectivity index (χ2v) is 8.06. The van der Waals surface area contributed by atoms with Crippen molar-refractivity contribution >= 4 is 31.6 Å². The van der Waals surface area contributed by atoms with Crippen LogP contribution < -0.4 is 11.4 Å². The Hall–Kier alpha value is -0.971. The first-order valence-electron chi connectivity index (χ1n) is 9.02. The third-order valence-electron chi connectivity index (χ3n) is 4.68. The molecule has 5 N–H and O–H groups in total. The summed E-state index contributed by atoms with van der Waals surface area (Å²) in [4.78, 5) is 16.5. The molecule has 9 heteroatoms. The van der Waals surface area contributed by atoms with Crippen molar-refractivity contribution in [3.05, 3.63) is 21.7 Å².